The maximum atomic E-state index is 12.5. The molecule has 1 spiro atoms. The Hall–Kier alpha value is -2.41. The Bertz CT molecular complexity index is 724. The van der Waals surface area contributed by atoms with Crippen molar-refractivity contribution in [3.05, 3.63) is 42.6 Å². The zero-order chi connectivity index (χ0) is 16.6. The van der Waals surface area contributed by atoms with Crippen molar-refractivity contribution >= 4 is 5.91 Å². The molecule has 0 aromatic carbocycles. The number of ether oxygens (including phenoxy) is 2. The molecule has 0 unspecified atom stereocenters. The summed E-state index contributed by atoms with van der Waals surface area (Å²) in [6.07, 6.45) is 8.37. The van der Waals surface area contributed by atoms with Crippen molar-refractivity contribution in [2.45, 2.75) is 24.5 Å². The third-order valence-electron chi connectivity index (χ3n) is 4.68. The lowest BCUT2D eigenvalue weighted by Gasteiger charge is -2.52. The highest BCUT2D eigenvalue weighted by molar-refractivity contribution is 5.93. The predicted octanol–water partition coefficient (Wildman–Crippen LogP) is 1.27. The minimum atomic E-state index is -0.286. The van der Waals surface area contributed by atoms with Gasteiger partial charge in [-0.2, -0.15) is 0 Å². The van der Waals surface area contributed by atoms with E-state index in [2.05, 4.69) is 9.97 Å². The molecule has 0 aliphatic carbocycles. The van der Waals surface area contributed by atoms with E-state index in [-0.39, 0.29) is 17.6 Å². The summed E-state index contributed by atoms with van der Waals surface area (Å²) in [5.41, 5.74) is 0.416. The number of carbonyl (C=O) groups excluding carboxylic acids is 1. The first-order valence-corrected chi connectivity index (χ1v) is 8.12. The second kappa shape index (κ2) is 5.90. The Balaban J connectivity index is 1.37. The fourth-order valence-electron chi connectivity index (χ4n) is 3.46. The summed E-state index contributed by atoms with van der Waals surface area (Å²) in [6.45, 7) is 1.85. The molecular weight excluding hydrogens is 308 g/mol. The summed E-state index contributed by atoms with van der Waals surface area (Å²) in [5.74, 6) is 0.587. The van der Waals surface area contributed by atoms with Crippen molar-refractivity contribution in [2.75, 3.05) is 19.7 Å². The Morgan fingerprint density at radius 2 is 2.29 bits per heavy atom. The number of likely N-dealkylation sites (tertiary alicyclic amines) is 1. The number of amides is 1. The average Bonchev–Trinajstić information content (AvgIpc) is 2.99. The Kier molecular flexibility index (Phi) is 3.72. The summed E-state index contributed by atoms with van der Waals surface area (Å²) in [4.78, 5) is 22.5. The molecule has 0 N–H and O–H groups in total. The van der Waals surface area contributed by atoms with E-state index >= 15 is 0 Å². The largest absolute Gasteiger partial charge is 0.473 e. The molecule has 2 aromatic heterocycles. The molecule has 2 fully saturated rings. The van der Waals surface area contributed by atoms with Crippen molar-refractivity contribution in [2.24, 2.45) is 7.05 Å². The van der Waals surface area contributed by atoms with Crippen LogP contribution >= 0.6 is 0 Å². The van der Waals surface area contributed by atoms with Crippen LogP contribution in [0, 0.1) is 0 Å². The van der Waals surface area contributed by atoms with Gasteiger partial charge in [0.15, 0.2) is 0 Å². The van der Waals surface area contributed by atoms with E-state index in [9.17, 15) is 4.79 Å². The number of hydrogen-bond donors (Lipinski definition) is 0. The number of aromatic nitrogens is 3. The van der Waals surface area contributed by atoms with Gasteiger partial charge in [0.25, 0.3) is 5.91 Å². The number of aryl methyl sites for hydroxylation is 1. The molecule has 4 heterocycles. The van der Waals surface area contributed by atoms with Gasteiger partial charge in [0, 0.05) is 38.5 Å². The van der Waals surface area contributed by atoms with E-state index in [1.165, 1.54) is 0 Å². The smallest absolute Gasteiger partial charge is 0.270 e. The van der Waals surface area contributed by atoms with Gasteiger partial charge in [-0.05, 0) is 12.1 Å². The molecule has 126 valence electrons. The van der Waals surface area contributed by atoms with Crippen molar-refractivity contribution in [3.63, 3.8) is 0 Å². The van der Waals surface area contributed by atoms with Gasteiger partial charge in [0.1, 0.15) is 17.4 Å². The van der Waals surface area contributed by atoms with Gasteiger partial charge in [-0.15, -0.1) is 0 Å². The number of rotatable bonds is 3. The maximum Gasteiger partial charge on any atom is 0.270 e. The molecule has 2 aliphatic heterocycles. The molecule has 7 nitrogen and oxygen atoms in total. The summed E-state index contributed by atoms with van der Waals surface area (Å²) in [7, 11) is 1.88. The first-order chi connectivity index (χ1) is 11.7. The molecule has 2 aliphatic rings. The Morgan fingerprint density at radius 3 is 3.00 bits per heavy atom. The van der Waals surface area contributed by atoms with E-state index in [0.717, 1.165) is 12.8 Å². The van der Waals surface area contributed by atoms with Crippen molar-refractivity contribution in [1.29, 1.82) is 0 Å². The molecule has 24 heavy (non-hydrogen) atoms. The van der Waals surface area contributed by atoms with Crippen molar-refractivity contribution in [3.8, 4) is 5.88 Å². The molecule has 1 amide bonds. The van der Waals surface area contributed by atoms with E-state index in [1.54, 1.807) is 18.6 Å². The van der Waals surface area contributed by atoms with Crippen molar-refractivity contribution in [1.82, 2.24) is 19.4 Å². The van der Waals surface area contributed by atoms with Crippen LogP contribution in [0.2, 0.25) is 0 Å². The lowest BCUT2D eigenvalue weighted by atomic mass is 9.84. The van der Waals surface area contributed by atoms with Crippen LogP contribution in [0.1, 0.15) is 23.3 Å². The minimum absolute atomic E-state index is 0.0442. The van der Waals surface area contributed by atoms with Crippen LogP contribution in [-0.2, 0) is 11.8 Å². The van der Waals surface area contributed by atoms with Gasteiger partial charge in [-0.3, -0.25) is 9.78 Å². The lowest BCUT2D eigenvalue weighted by Crippen LogP contribution is -2.67. The highest BCUT2D eigenvalue weighted by atomic mass is 16.5. The van der Waals surface area contributed by atoms with E-state index < -0.39 is 0 Å². The average molecular weight is 328 g/mol. The molecule has 2 saturated heterocycles. The van der Waals surface area contributed by atoms with Gasteiger partial charge in [0.2, 0.25) is 5.88 Å². The van der Waals surface area contributed by atoms with Gasteiger partial charge >= 0.3 is 0 Å². The monoisotopic (exact) mass is 328 g/mol. The number of hydrogen-bond acceptors (Lipinski definition) is 5. The molecular formula is C17H20N4O3. The Morgan fingerprint density at radius 1 is 1.42 bits per heavy atom. The topological polar surface area (TPSA) is 69.5 Å². The molecule has 7 heteroatoms. The van der Waals surface area contributed by atoms with Crippen LogP contribution in [-0.4, -0.2) is 56.7 Å². The van der Waals surface area contributed by atoms with Crippen molar-refractivity contribution < 1.29 is 14.3 Å². The second-order valence-electron chi connectivity index (χ2n) is 6.47. The van der Waals surface area contributed by atoms with Crippen LogP contribution in [0.4, 0.5) is 0 Å². The van der Waals surface area contributed by atoms with Gasteiger partial charge in [-0.25, -0.2) is 4.98 Å². The number of nitrogens with zero attached hydrogens (tertiary/aromatic N) is 4. The zero-order valence-corrected chi connectivity index (χ0v) is 13.6. The quantitative estimate of drug-likeness (QED) is 0.849. The maximum absolute atomic E-state index is 12.5. The van der Waals surface area contributed by atoms with Gasteiger partial charge in [0.05, 0.1) is 25.9 Å². The zero-order valence-electron chi connectivity index (χ0n) is 13.6. The summed E-state index contributed by atoms with van der Waals surface area (Å²) in [6, 6.07) is 3.72. The molecule has 0 bridgehead atoms. The van der Waals surface area contributed by atoms with Crippen LogP contribution in [0.25, 0.3) is 0 Å². The third kappa shape index (κ3) is 2.75. The van der Waals surface area contributed by atoms with E-state index in [4.69, 9.17) is 9.47 Å². The molecule has 1 atom stereocenters. The van der Waals surface area contributed by atoms with Crippen LogP contribution in [0.3, 0.4) is 0 Å². The predicted molar refractivity (Wildman–Crippen MR) is 85.7 cm³/mol. The number of carbonyl (C=O) groups is 1. The minimum Gasteiger partial charge on any atom is -0.473 e. The fourth-order valence-corrected chi connectivity index (χ4v) is 3.46. The summed E-state index contributed by atoms with van der Waals surface area (Å²) in [5, 5.41) is 0. The highest BCUT2D eigenvalue weighted by Gasteiger charge is 2.50. The molecule has 0 radical (unpaired) electrons. The Labute approximate surface area is 140 Å². The summed E-state index contributed by atoms with van der Waals surface area (Å²) >= 11 is 0. The lowest BCUT2D eigenvalue weighted by molar-refractivity contribution is -0.174. The normalized spacial score (nSPS) is 22.2. The fraction of sp³-hybridized carbons (Fsp3) is 0.471. The standard InChI is InChI=1S/C17H20N4O3/c1-20-7-2-3-14(20)16(22)21-11-17(12-21)9-13(4-8-23-17)24-15-10-18-5-6-19-15/h2-3,5-7,10,13H,4,8-9,11-12H2,1H3/t13-/m0/s1. The second-order valence-corrected chi connectivity index (χ2v) is 6.47. The summed E-state index contributed by atoms with van der Waals surface area (Å²) < 4.78 is 13.7. The van der Waals surface area contributed by atoms with Crippen LogP contribution < -0.4 is 4.74 Å². The third-order valence-corrected chi connectivity index (χ3v) is 4.68. The van der Waals surface area contributed by atoms with Gasteiger partial charge in [-0.1, -0.05) is 0 Å². The highest BCUT2D eigenvalue weighted by Crippen LogP contribution is 2.36. The first kappa shape index (κ1) is 15.1. The molecule has 2 aromatic rings. The first-order valence-electron chi connectivity index (χ1n) is 8.12. The van der Waals surface area contributed by atoms with Crippen LogP contribution in [0.15, 0.2) is 36.9 Å². The molecule has 0 saturated carbocycles. The van der Waals surface area contributed by atoms with Crippen LogP contribution in [0.5, 0.6) is 5.88 Å². The van der Waals surface area contributed by atoms with E-state index in [0.29, 0.717) is 31.3 Å². The van der Waals surface area contributed by atoms with Gasteiger partial charge < -0.3 is 18.9 Å². The van der Waals surface area contributed by atoms with E-state index in [1.807, 2.05) is 34.8 Å². The SMILES string of the molecule is Cn1cccc1C(=O)N1CC2(C[C@@H](Oc3cnccn3)CCO2)C1. The molecule has 4 rings (SSSR count).